The van der Waals surface area contributed by atoms with Gasteiger partial charge in [0, 0.05) is 13.1 Å². The smallest absolute Gasteiger partial charge is 0.317 e. The van der Waals surface area contributed by atoms with Crippen LogP contribution in [0, 0.1) is 0 Å². The van der Waals surface area contributed by atoms with Crippen molar-refractivity contribution in [1.29, 1.82) is 0 Å². The van der Waals surface area contributed by atoms with Crippen molar-refractivity contribution < 1.29 is 27.9 Å². The van der Waals surface area contributed by atoms with Gasteiger partial charge in [-0.15, -0.1) is 13.2 Å². The molecule has 6 N–H and O–H groups in total. The van der Waals surface area contributed by atoms with E-state index in [1.165, 1.54) is 0 Å². The number of hydrogen-bond donors (Lipinski definition) is 6. The van der Waals surface area contributed by atoms with Gasteiger partial charge in [0.05, 0.1) is 0 Å². The molecule has 0 aromatic rings. The molecular formula is C6H16N2O6S. The van der Waals surface area contributed by atoms with E-state index in [9.17, 15) is 0 Å². The molecule has 0 aromatic carbocycles. The van der Waals surface area contributed by atoms with E-state index in [2.05, 4.69) is 13.2 Å². The Kier molecular flexibility index (Phi) is 20.6. The highest BCUT2D eigenvalue weighted by molar-refractivity contribution is 7.79. The fourth-order valence-corrected chi connectivity index (χ4v) is 0.129. The van der Waals surface area contributed by atoms with Crippen LogP contribution in [0.1, 0.15) is 0 Å². The Bertz CT molecular complexity index is 210. The van der Waals surface area contributed by atoms with Gasteiger partial charge in [0.2, 0.25) is 0 Å². The van der Waals surface area contributed by atoms with E-state index in [1.54, 1.807) is 12.2 Å². The van der Waals surface area contributed by atoms with Crippen molar-refractivity contribution in [2.24, 2.45) is 0 Å². The molecule has 0 aliphatic carbocycles. The van der Waals surface area contributed by atoms with Crippen LogP contribution in [-0.4, -0.2) is 41.0 Å². The lowest BCUT2D eigenvalue weighted by Gasteiger charge is -1.78. The maximum atomic E-state index is 8.74. The van der Waals surface area contributed by atoms with Crippen LogP contribution >= 0.6 is 0 Å². The Labute approximate surface area is 88.4 Å². The minimum absolute atomic E-state index is 0.458. The van der Waals surface area contributed by atoms with Gasteiger partial charge in [-0.25, -0.2) is 11.0 Å². The number of hydrogen-bond acceptors (Lipinski definition) is 6. The Hall–Kier alpha value is -0.810. The van der Waals surface area contributed by atoms with Gasteiger partial charge >= 0.3 is 10.4 Å². The predicted molar refractivity (Wildman–Crippen MR) is 54.1 cm³/mol. The van der Waals surface area contributed by atoms with E-state index in [1.807, 2.05) is 11.0 Å². The lowest BCUT2D eigenvalue weighted by atomic mass is 10.7. The van der Waals surface area contributed by atoms with Crippen molar-refractivity contribution >= 4 is 10.4 Å². The normalized spacial score (nSPS) is 8.80. The van der Waals surface area contributed by atoms with Gasteiger partial charge in [-0.05, 0) is 0 Å². The molecule has 0 amide bonds. The SMILES string of the molecule is C=CCNO.C=CCNO.O=S(=O)(O)O. The summed E-state index contributed by atoms with van der Waals surface area (Å²) in [6, 6.07) is 0. The van der Waals surface area contributed by atoms with Crippen molar-refractivity contribution in [3.8, 4) is 0 Å². The molecule has 0 heterocycles. The molecule has 0 saturated heterocycles. The largest absolute Gasteiger partial charge is 0.394 e. The fourth-order valence-electron chi connectivity index (χ4n) is 0.129. The van der Waals surface area contributed by atoms with Crippen LogP contribution in [-0.2, 0) is 10.4 Å². The molecule has 15 heavy (non-hydrogen) atoms. The van der Waals surface area contributed by atoms with E-state index >= 15 is 0 Å². The summed E-state index contributed by atoms with van der Waals surface area (Å²) in [7, 11) is -4.67. The van der Waals surface area contributed by atoms with Crippen molar-refractivity contribution in [3.05, 3.63) is 25.3 Å². The van der Waals surface area contributed by atoms with Crippen LogP contribution in [0.15, 0.2) is 25.3 Å². The first-order valence-electron chi connectivity index (χ1n) is 3.49. The van der Waals surface area contributed by atoms with E-state index in [-0.39, 0.29) is 0 Å². The van der Waals surface area contributed by atoms with Gasteiger partial charge in [-0.3, -0.25) is 9.11 Å². The molecule has 92 valence electrons. The summed E-state index contributed by atoms with van der Waals surface area (Å²) >= 11 is 0. The summed E-state index contributed by atoms with van der Waals surface area (Å²) in [5.74, 6) is 0. The van der Waals surface area contributed by atoms with Crippen LogP contribution in [0.2, 0.25) is 0 Å². The van der Waals surface area contributed by atoms with E-state index < -0.39 is 10.4 Å². The third-order valence-corrected chi connectivity index (χ3v) is 0.471. The molecule has 0 aliphatic rings. The summed E-state index contributed by atoms with van der Waals surface area (Å²) in [4.78, 5) is 0. The Balaban J connectivity index is -0.000000144. The quantitative estimate of drug-likeness (QED) is 0.224. The number of rotatable bonds is 4. The summed E-state index contributed by atoms with van der Waals surface area (Å²) in [6.07, 6.45) is 3.14. The molecule has 0 fully saturated rings. The van der Waals surface area contributed by atoms with Crippen LogP contribution in [0.5, 0.6) is 0 Å². The van der Waals surface area contributed by atoms with Gasteiger partial charge in [0.1, 0.15) is 0 Å². The summed E-state index contributed by atoms with van der Waals surface area (Å²) in [5, 5.41) is 15.5. The first-order valence-corrected chi connectivity index (χ1v) is 4.88. The van der Waals surface area contributed by atoms with E-state index in [4.69, 9.17) is 27.9 Å². The molecule has 0 spiro atoms. The average molecular weight is 244 g/mol. The van der Waals surface area contributed by atoms with Crippen molar-refractivity contribution in [2.45, 2.75) is 0 Å². The topological polar surface area (TPSA) is 139 Å². The lowest BCUT2D eigenvalue weighted by molar-refractivity contribution is 0.179. The van der Waals surface area contributed by atoms with Gasteiger partial charge in [-0.2, -0.15) is 8.42 Å². The van der Waals surface area contributed by atoms with Crippen LogP contribution in [0.4, 0.5) is 0 Å². The lowest BCUT2D eigenvalue weighted by Crippen LogP contribution is -2.04. The standard InChI is InChI=1S/2C3H7NO.H2O4S/c2*1-2-3-4-5;1-5(2,3)4/h2*2,4-5H,1,3H2;(H2,1,2,3,4). The summed E-state index contributed by atoms with van der Waals surface area (Å²) in [5.41, 5.74) is 3.80. The zero-order valence-electron chi connectivity index (χ0n) is 8.00. The third-order valence-electron chi connectivity index (χ3n) is 0.471. The highest BCUT2D eigenvalue weighted by Crippen LogP contribution is 1.59. The van der Waals surface area contributed by atoms with Crippen molar-refractivity contribution in [3.63, 3.8) is 0 Å². The second kappa shape index (κ2) is 15.7. The second-order valence-electron chi connectivity index (χ2n) is 1.75. The monoisotopic (exact) mass is 244 g/mol. The van der Waals surface area contributed by atoms with Gasteiger partial charge in [-0.1, -0.05) is 12.2 Å². The molecule has 8 nitrogen and oxygen atoms in total. The molecule has 0 saturated carbocycles. The minimum Gasteiger partial charge on any atom is -0.317 e. The highest BCUT2D eigenvalue weighted by atomic mass is 32.3. The summed E-state index contributed by atoms with van der Waals surface area (Å²) < 4.78 is 31.6. The number of nitrogens with one attached hydrogen (secondary N) is 2. The van der Waals surface area contributed by atoms with Gasteiger partial charge in [0.15, 0.2) is 0 Å². The Morgan fingerprint density at radius 2 is 1.20 bits per heavy atom. The average Bonchev–Trinajstić information content (AvgIpc) is 2.05. The molecule has 0 unspecified atom stereocenters. The first-order chi connectivity index (χ1) is 6.83. The first kappa shape index (κ1) is 19.7. The summed E-state index contributed by atoms with van der Waals surface area (Å²) in [6.45, 7) is 7.57. The molecule has 0 bridgehead atoms. The van der Waals surface area contributed by atoms with Gasteiger partial charge in [0.25, 0.3) is 0 Å². The molecule has 0 aliphatic heterocycles. The number of hydroxylamine groups is 2. The third kappa shape index (κ3) is 162. The zero-order chi connectivity index (χ0) is 12.7. The van der Waals surface area contributed by atoms with E-state index in [0.717, 1.165) is 0 Å². The second-order valence-corrected chi connectivity index (χ2v) is 2.65. The molecule has 0 atom stereocenters. The highest BCUT2D eigenvalue weighted by Gasteiger charge is 1.84. The maximum absolute atomic E-state index is 8.74. The van der Waals surface area contributed by atoms with Crippen LogP contribution in [0.25, 0.3) is 0 Å². The molecule has 0 radical (unpaired) electrons. The van der Waals surface area contributed by atoms with E-state index in [0.29, 0.717) is 13.1 Å². The Morgan fingerprint density at radius 3 is 1.20 bits per heavy atom. The van der Waals surface area contributed by atoms with Crippen LogP contribution in [0.3, 0.4) is 0 Å². The molecule has 0 rings (SSSR count). The molecule has 9 heteroatoms. The zero-order valence-corrected chi connectivity index (χ0v) is 8.81. The van der Waals surface area contributed by atoms with Crippen molar-refractivity contribution in [2.75, 3.05) is 13.1 Å². The van der Waals surface area contributed by atoms with Crippen molar-refractivity contribution in [1.82, 2.24) is 11.0 Å². The molecular weight excluding hydrogens is 228 g/mol. The fraction of sp³-hybridized carbons (Fsp3) is 0.333. The molecule has 0 aromatic heterocycles. The maximum Gasteiger partial charge on any atom is 0.394 e. The van der Waals surface area contributed by atoms with Crippen LogP contribution < -0.4 is 11.0 Å². The van der Waals surface area contributed by atoms with Gasteiger partial charge < -0.3 is 10.4 Å². The minimum atomic E-state index is -4.67. The predicted octanol–water partition coefficient (Wildman–Crippen LogP) is -0.350. The Morgan fingerprint density at radius 1 is 1.00 bits per heavy atom.